The maximum absolute atomic E-state index is 13.2. The first-order valence-electron chi connectivity index (χ1n) is 17.7. The molecule has 252 valence electrons. The van der Waals surface area contributed by atoms with E-state index in [2.05, 4.69) is 73.3 Å². The highest BCUT2D eigenvalue weighted by atomic mass is 16.2. The second-order valence-electron chi connectivity index (χ2n) is 13.2. The second kappa shape index (κ2) is 20.9. The van der Waals surface area contributed by atoms with Crippen molar-refractivity contribution in [1.82, 2.24) is 20.4 Å². The molecular weight excluding hydrogens is 548 g/mol. The summed E-state index contributed by atoms with van der Waals surface area (Å²) >= 11 is 0. The maximum atomic E-state index is 13.2. The number of hydrogen-bond acceptors (Lipinski definition) is 6. The topological polar surface area (TPSA) is 117 Å². The molecule has 0 aromatic rings. The van der Waals surface area contributed by atoms with Gasteiger partial charge in [-0.1, -0.05) is 58.9 Å². The molecule has 2 aliphatic rings. The Kier molecular flexibility index (Phi) is 18.2. The minimum absolute atomic E-state index is 0.0186. The summed E-state index contributed by atoms with van der Waals surface area (Å²) in [5.74, 6) is 2.60. The Morgan fingerprint density at radius 1 is 0.955 bits per heavy atom. The highest BCUT2D eigenvalue weighted by Gasteiger charge is 2.43. The van der Waals surface area contributed by atoms with Gasteiger partial charge < -0.3 is 31.9 Å². The van der Waals surface area contributed by atoms with Crippen LogP contribution in [-0.2, 0) is 9.59 Å². The van der Waals surface area contributed by atoms with Crippen molar-refractivity contribution >= 4 is 11.8 Å². The van der Waals surface area contributed by atoms with E-state index in [0.717, 1.165) is 82.5 Å². The summed E-state index contributed by atoms with van der Waals surface area (Å²) < 4.78 is 0. The van der Waals surface area contributed by atoms with Crippen molar-refractivity contribution in [3.05, 3.63) is 35.5 Å². The number of hydrogen-bond donors (Lipinski definition) is 4. The fourth-order valence-corrected chi connectivity index (χ4v) is 6.75. The van der Waals surface area contributed by atoms with Gasteiger partial charge in [0.2, 0.25) is 5.91 Å². The van der Waals surface area contributed by atoms with Crippen molar-refractivity contribution in [2.45, 2.75) is 80.1 Å². The van der Waals surface area contributed by atoms with E-state index in [9.17, 15) is 9.59 Å². The van der Waals surface area contributed by atoms with Crippen LogP contribution in [0.2, 0.25) is 0 Å². The van der Waals surface area contributed by atoms with Crippen molar-refractivity contribution in [2.75, 3.05) is 65.4 Å². The third-order valence-corrected chi connectivity index (χ3v) is 9.93. The van der Waals surface area contributed by atoms with Gasteiger partial charge in [-0.3, -0.25) is 9.59 Å². The molecule has 0 aliphatic heterocycles. The van der Waals surface area contributed by atoms with Gasteiger partial charge in [0.05, 0.1) is 0 Å². The molecule has 0 aromatic carbocycles. The van der Waals surface area contributed by atoms with E-state index in [1.54, 1.807) is 0 Å². The highest BCUT2D eigenvalue weighted by Crippen LogP contribution is 2.50. The largest absolute Gasteiger partial charge is 0.352 e. The molecule has 44 heavy (non-hydrogen) atoms. The fraction of sp³-hybridized carbons (Fsp3) is 0.778. The van der Waals surface area contributed by atoms with E-state index in [1.807, 2.05) is 13.0 Å². The number of carbonyl (C=O) groups is 2. The molecule has 1 saturated carbocycles. The van der Waals surface area contributed by atoms with Gasteiger partial charge in [0.25, 0.3) is 5.91 Å². The van der Waals surface area contributed by atoms with Crippen LogP contribution in [0, 0.1) is 35.5 Å². The van der Waals surface area contributed by atoms with Crippen LogP contribution in [0.15, 0.2) is 35.5 Å². The molecule has 0 saturated heterocycles. The van der Waals surface area contributed by atoms with Crippen LogP contribution in [0.4, 0.5) is 0 Å². The first-order chi connectivity index (χ1) is 21.2. The summed E-state index contributed by atoms with van der Waals surface area (Å²) in [5.41, 5.74) is 12.9. The van der Waals surface area contributed by atoms with Gasteiger partial charge in [-0.05, 0) is 133 Å². The molecule has 8 nitrogen and oxygen atoms in total. The summed E-state index contributed by atoms with van der Waals surface area (Å²) in [6, 6.07) is 0. The Morgan fingerprint density at radius 2 is 1.50 bits per heavy atom. The minimum atomic E-state index is 0.0186. The van der Waals surface area contributed by atoms with Crippen molar-refractivity contribution in [2.24, 2.45) is 47.0 Å². The molecule has 8 heteroatoms. The van der Waals surface area contributed by atoms with Gasteiger partial charge in [0.1, 0.15) is 0 Å². The number of carbonyl (C=O) groups excluding carboxylic acids is 2. The first kappa shape index (κ1) is 38.2. The molecule has 0 spiro atoms. The molecule has 6 N–H and O–H groups in total. The smallest absolute Gasteiger partial charge is 0.250 e. The average Bonchev–Trinajstić information content (AvgIpc) is 3.77. The number of nitrogens with one attached hydrogen (secondary N) is 2. The Labute approximate surface area is 269 Å². The van der Waals surface area contributed by atoms with E-state index >= 15 is 0 Å². The molecule has 0 aromatic heterocycles. The zero-order valence-electron chi connectivity index (χ0n) is 29.0. The summed E-state index contributed by atoms with van der Waals surface area (Å²) in [6.45, 7) is 21.9. The van der Waals surface area contributed by atoms with Crippen LogP contribution >= 0.6 is 0 Å². The van der Waals surface area contributed by atoms with Gasteiger partial charge in [-0.2, -0.15) is 0 Å². The summed E-state index contributed by atoms with van der Waals surface area (Å²) in [4.78, 5) is 31.1. The third kappa shape index (κ3) is 12.8. The van der Waals surface area contributed by atoms with Gasteiger partial charge in [0.15, 0.2) is 0 Å². The number of amides is 2. The monoisotopic (exact) mass is 615 g/mol. The molecule has 0 bridgehead atoms. The fourth-order valence-electron chi connectivity index (χ4n) is 6.75. The molecule has 2 aliphatic carbocycles. The van der Waals surface area contributed by atoms with Gasteiger partial charge in [-0.15, -0.1) is 0 Å². The number of rotatable bonds is 23. The lowest BCUT2D eigenvalue weighted by atomic mass is 9.70. The van der Waals surface area contributed by atoms with Crippen molar-refractivity contribution in [3.8, 4) is 0 Å². The van der Waals surface area contributed by atoms with Gasteiger partial charge >= 0.3 is 0 Å². The lowest BCUT2D eigenvalue weighted by Crippen LogP contribution is -2.33. The van der Waals surface area contributed by atoms with E-state index in [4.69, 9.17) is 11.5 Å². The minimum Gasteiger partial charge on any atom is -0.352 e. The third-order valence-electron chi connectivity index (χ3n) is 9.93. The molecule has 1 fully saturated rings. The molecule has 2 rings (SSSR count). The molecule has 2 amide bonds. The number of nitrogens with zero attached hydrogens (tertiary/aromatic N) is 2. The van der Waals surface area contributed by atoms with Crippen LogP contribution in [0.1, 0.15) is 80.1 Å². The van der Waals surface area contributed by atoms with Crippen LogP contribution in [0.3, 0.4) is 0 Å². The van der Waals surface area contributed by atoms with Crippen molar-refractivity contribution in [3.63, 3.8) is 0 Å². The van der Waals surface area contributed by atoms with Crippen LogP contribution in [0.25, 0.3) is 0 Å². The Morgan fingerprint density at radius 3 is 2.00 bits per heavy atom. The number of nitrogens with two attached hydrogens (primary N) is 2. The van der Waals surface area contributed by atoms with Gasteiger partial charge in [0, 0.05) is 24.2 Å². The van der Waals surface area contributed by atoms with Crippen molar-refractivity contribution in [1.29, 1.82) is 0 Å². The lowest BCUT2D eigenvalue weighted by molar-refractivity contribution is -0.118. The molecule has 0 heterocycles. The summed E-state index contributed by atoms with van der Waals surface area (Å²) in [7, 11) is 0. The van der Waals surface area contributed by atoms with E-state index < -0.39 is 0 Å². The lowest BCUT2D eigenvalue weighted by Gasteiger charge is -2.35. The Bertz CT molecular complexity index is 945. The van der Waals surface area contributed by atoms with Crippen molar-refractivity contribution < 1.29 is 9.59 Å². The SMILES string of the molecule is CCC1C=CC(C(=O)NCCCN(CC)CCCN)=CC1C(C)C(/C=C(\C)C(=O)NCCCN(CC)CCCN)C1CC1C. The molecule has 0 radical (unpaired) electrons. The van der Waals surface area contributed by atoms with E-state index in [1.165, 1.54) is 6.42 Å². The predicted octanol–water partition coefficient (Wildman–Crippen LogP) is 4.33. The zero-order valence-corrected chi connectivity index (χ0v) is 29.0. The number of allylic oxidation sites excluding steroid dienone is 3. The average molecular weight is 615 g/mol. The first-order valence-corrected chi connectivity index (χ1v) is 17.7. The Balaban J connectivity index is 2.01. The van der Waals surface area contributed by atoms with Crippen LogP contribution < -0.4 is 22.1 Å². The standard InChI is InChI=1S/C36H66N6O2/c1-7-30-14-15-31(36(44)40-19-13-23-42(9-3)21-11-17-38)26-33(30)29(6)34(32-24-27(32)4)25-28(5)35(43)39-18-12-22-41(8-2)20-10-16-37/h14-15,25-27,29-30,32-34H,7-13,16-24,37-38H2,1-6H3,(H,39,43)(H,40,44)/b28-25+. The summed E-state index contributed by atoms with van der Waals surface area (Å²) in [5, 5.41) is 6.32. The molecule has 6 atom stereocenters. The predicted molar refractivity (Wildman–Crippen MR) is 185 cm³/mol. The van der Waals surface area contributed by atoms with E-state index in [-0.39, 0.29) is 17.7 Å². The molecule has 6 unspecified atom stereocenters. The molecular formula is C36H66N6O2. The van der Waals surface area contributed by atoms with Gasteiger partial charge in [-0.25, -0.2) is 0 Å². The van der Waals surface area contributed by atoms with Crippen LogP contribution in [0.5, 0.6) is 0 Å². The highest BCUT2D eigenvalue weighted by molar-refractivity contribution is 5.96. The van der Waals surface area contributed by atoms with Crippen LogP contribution in [-0.4, -0.2) is 87.1 Å². The van der Waals surface area contributed by atoms with E-state index in [0.29, 0.717) is 55.8 Å². The maximum Gasteiger partial charge on any atom is 0.250 e. The normalized spacial score (nSPS) is 23.0. The summed E-state index contributed by atoms with van der Waals surface area (Å²) in [6.07, 6.45) is 14.8. The zero-order chi connectivity index (χ0) is 32.5. The second-order valence-corrected chi connectivity index (χ2v) is 13.2. The Hall–Kier alpha value is -2.00. The quantitative estimate of drug-likeness (QED) is 0.101.